The summed E-state index contributed by atoms with van der Waals surface area (Å²) in [7, 11) is 3.45. The third-order valence-corrected chi connectivity index (χ3v) is 6.61. The van der Waals surface area contributed by atoms with E-state index in [1.165, 1.54) is 5.56 Å². The molecule has 0 aliphatic carbocycles. The van der Waals surface area contributed by atoms with Crippen molar-refractivity contribution in [3.8, 4) is 0 Å². The summed E-state index contributed by atoms with van der Waals surface area (Å²) in [6.45, 7) is 3.68. The van der Waals surface area contributed by atoms with Crippen molar-refractivity contribution in [2.45, 2.75) is 38.5 Å². The van der Waals surface area contributed by atoms with Crippen molar-refractivity contribution in [3.05, 3.63) is 35.9 Å². The number of nitrogens with zero attached hydrogens (tertiary/aromatic N) is 3. The first-order valence-electron chi connectivity index (χ1n) is 11.6. The first-order valence-corrected chi connectivity index (χ1v) is 11.6. The molecule has 0 spiro atoms. The second-order valence-electron chi connectivity index (χ2n) is 8.72. The second kappa shape index (κ2) is 13.6. The molecule has 1 aromatic carbocycles. The van der Waals surface area contributed by atoms with Crippen molar-refractivity contribution in [2.75, 3.05) is 46.8 Å². The monoisotopic (exact) mass is 555 g/mol. The smallest absolute Gasteiger partial charge is 0.241 e. The predicted molar refractivity (Wildman–Crippen MR) is 139 cm³/mol. The van der Waals surface area contributed by atoms with Crippen LogP contribution < -0.4 is 10.6 Å². The molecule has 32 heavy (non-hydrogen) atoms. The van der Waals surface area contributed by atoms with Gasteiger partial charge in [0, 0.05) is 46.7 Å². The number of nitrogens with one attached hydrogen (secondary N) is 2. The molecule has 0 unspecified atom stereocenters. The Morgan fingerprint density at radius 2 is 1.56 bits per heavy atom. The van der Waals surface area contributed by atoms with Gasteiger partial charge in [0.25, 0.3) is 0 Å². The normalized spacial score (nSPS) is 18.1. The van der Waals surface area contributed by atoms with Crippen molar-refractivity contribution in [1.82, 2.24) is 20.4 Å². The molecule has 2 amide bonds. The van der Waals surface area contributed by atoms with Crippen molar-refractivity contribution in [2.24, 2.45) is 16.8 Å². The molecule has 2 fully saturated rings. The molecule has 2 heterocycles. The Morgan fingerprint density at radius 3 is 2.16 bits per heavy atom. The Balaban J connectivity index is 0.00000363. The zero-order valence-corrected chi connectivity index (χ0v) is 21.7. The molecule has 8 heteroatoms. The second-order valence-corrected chi connectivity index (χ2v) is 8.72. The minimum absolute atomic E-state index is 0. The number of aliphatic imine (C=N–C) groups is 1. The Kier molecular flexibility index (Phi) is 11.3. The lowest BCUT2D eigenvalue weighted by molar-refractivity contribution is -0.131. The van der Waals surface area contributed by atoms with E-state index in [4.69, 9.17) is 0 Å². The number of piperidine rings is 2. The molecule has 3 rings (SSSR count). The zero-order valence-electron chi connectivity index (χ0n) is 19.4. The Hall–Kier alpha value is -1.84. The number of amides is 2. The van der Waals surface area contributed by atoms with Gasteiger partial charge in [0.2, 0.25) is 11.8 Å². The minimum Gasteiger partial charge on any atom is -0.359 e. The highest BCUT2D eigenvalue weighted by molar-refractivity contribution is 14.0. The standard InChI is InChI=1S/C24H37N5O2.HI/c1-25-22(30)17-21-10-14-29(15-11-21)24(26-2)27-18-23(31)28-12-8-20(9-13-28)16-19-6-4-3-5-7-19;/h3-7,20-21H,8-18H2,1-2H3,(H,25,30)(H,26,27);1H. The average Bonchev–Trinajstić information content (AvgIpc) is 2.81. The van der Waals surface area contributed by atoms with Crippen LogP contribution in [0.4, 0.5) is 0 Å². The number of benzene rings is 1. The SMILES string of the molecule is CN=C(NCC(=O)N1CCC(Cc2ccccc2)CC1)N1CCC(CC(=O)NC)CC1.I. The number of likely N-dealkylation sites (tertiary alicyclic amines) is 2. The van der Waals surface area contributed by atoms with E-state index in [9.17, 15) is 9.59 Å². The van der Waals surface area contributed by atoms with E-state index in [0.29, 0.717) is 18.3 Å². The highest BCUT2D eigenvalue weighted by Crippen LogP contribution is 2.22. The fraction of sp³-hybridized carbons (Fsp3) is 0.625. The van der Waals surface area contributed by atoms with E-state index in [1.807, 2.05) is 4.90 Å². The van der Waals surface area contributed by atoms with Gasteiger partial charge in [-0.3, -0.25) is 14.6 Å². The first-order chi connectivity index (χ1) is 15.1. The van der Waals surface area contributed by atoms with Gasteiger partial charge in [0.05, 0.1) is 6.54 Å². The van der Waals surface area contributed by atoms with Crippen molar-refractivity contribution < 1.29 is 9.59 Å². The first kappa shape index (κ1) is 26.4. The van der Waals surface area contributed by atoms with Crippen molar-refractivity contribution >= 4 is 41.8 Å². The van der Waals surface area contributed by atoms with Gasteiger partial charge in [0.1, 0.15) is 0 Å². The molecule has 0 aromatic heterocycles. The summed E-state index contributed by atoms with van der Waals surface area (Å²) >= 11 is 0. The number of hydrogen-bond acceptors (Lipinski definition) is 3. The van der Waals surface area contributed by atoms with Crippen LogP contribution >= 0.6 is 24.0 Å². The molecule has 0 saturated carbocycles. The van der Waals surface area contributed by atoms with E-state index in [-0.39, 0.29) is 42.3 Å². The van der Waals surface area contributed by atoms with E-state index in [1.54, 1.807) is 14.1 Å². The third kappa shape index (κ3) is 7.94. The fourth-order valence-corrected chi connectivity index (χ4v) is 4.65. The summed E-state index contributed by atoms with van der Waals surface area (Å²) < 4.78 is 0. The fourth-order valence-electron chi connectivity index (χ4n) is 4.65. The van der Waals surface area contributed by atoms with Crippen molar-refractivity contribution in [3.63, 3.8) is 0 Å². The van der Waals surface area contributed by atoms with Crippen LogP contribution in [0.1, 0.15) is 37.7 Å². The molecule has 2 N–H and O–H groups in total. The van der Waals surface area contributed by atoms with E-state index in [2.05, 4.69) is 50.9 Å². The topological polar surface area (TPSA) is 77.0 Å². The zero-order chi connectivity index (χ0) is 22.1. The number of halogens is 1. The van der Waals surface area contributed by atoms with Gasteiger partial charge in [-0.1, -0.05) is 30.3 Å². The van der Waals surface area contributed by atoms with Gasteiger partial charge in [-0.15, -0.1) is 24.0 Å². The summed E-state index contributed by atoms with van der Waals surface area (Å²) in [5.74, 6) is 2.12. The Morgan fingerprint density at radius 1 is 0.969 bits per heavy atom. The molecule has 2 aliphatic rings. The molecule has 2 aliphatic heterocycles. The third-order valence-electron chi connectivity index (χ3n) is 6.61. The maximum absolute atomic E-state index is 12.7. The summed E-state index contributed by atoms with van der Waals surface area (Å²) in [4.78, 5) is 32.9. The molecule has 0 bridgehead atoms. The highest BCUT2D eigenvalue weighted by atomic mass is 127. The lowest BCUT2D eigenvalue weighted by Crippen LogP contribution is -2.50. The van der Waals surface area contributed by atoms with Crippen LogP contribution in [0, 0.1) is 11.8 Å². The van der Waals surface area contributed by atoms with Crippen LogP contribution in [0.2, 0.25) is 0 Å². The lowest BCUT2D eigenvalue weighted by Gasteiger charge is -2.35. The van der Waals surface area contributed by atoms with Crippen LogP contribution in [-0.4, -0.2) is 74.4 Å². The minimum atomic E-state index is 0. The summed E-state index contributed by atoms with van der Waals surface area (Å²) in [5, 5.41) is 5.96. The van der Waals surface area contributed by atoms with E-state index in [0.717, 1.165) is 64.2 Å². The van der Waals surface area contributed by atoms with E-state index >= 15 is 0 Å². The van der Waals surface area contributed by atoms with Gasteiger partial charge in [-0.2, -0.15) is 0 Å². The summed E-state index contributed by atoms with van der Waals surface area (Å²) in [5.41, 5.74) is 1.39. The number of carbonyl (C=O) groups is 2. The Bertz CT molecular complexity index is 742. The van der Waals surface area contributed by atoms with Crippen LogP contribution in [0.15, 0.2) is 35.3 Å². The molecule has 2 saturated heterocycles. The molecule has 0 radical (unpaired) electrons. The predicted octanol–water partition coefficient (Wildman–Crippen LogP) is 2.51. The molecular formula is C24H38IN5O2. The van der Waals surface area contributed by atoms with Crippen LogP contribution in [-0.2, 0) is 16.0 Å². The van der Waals surface area contributed by atoms with Gasteiger partial charge in [-0.05, 0) is 49.5 Å². The molecule has 1 aromatic rings. The van der Waals surface area contributed by atoms with Gasteiger partial charge < -0.3 is 20.4 Å². The van der Waals surface area contributed by atoms with Crippen molar-refractivity contribution in [1.29, 1.82) is 0 Å². The molecule has 0 atom stereocenters. The average molecular weight is 556 g/mol. The molecule has 178 valence electrons. The largest absolute Gasteiger partial charge is 0.359 e. The quantitative estimate of drug-likeness (QED) is 0.322. The molecule has 7 nitrogen and oxygen atoms in total. The number of guanidine groups is 1. The maximum Gasteiger partial charge on any atom is 0.241 e. The van der Waals surface area contributed by atoms with Crippen LogP contribution in [0.5, 0.6) is 0 Å². The number of carbonyl (C=O) groups excluding carboxylic acids is 2. The Labute approximate surface area is 209 Å². The summed E-state index contributed by atoms with van der Waals surface area (Å²) in [6.07, 6.45) is 5.76. The maximum atomic E-state index is 12.7. The molecular weight excluding hydrogens is 517 g/mol. The van der Waals surface area contributed by atoms with Crippen LogP contribution in [0.3, 0.4) is 0 Å². The number of rotatable bonds is 6. The van der Waals surface area contributed by atoms with Crippen LogP contribution in [0.25, 0.3) is 0 Å². The van der Waals surface area contributed by atoms with E-state index < -0.39 is 0 Å². The summed E-state index contributed by atoms with van der Waals surface area (Å²) in [6, 6.07) is 10.6. The van der Waals surface area contributed by atoms with Gasteiger partial charge in [-0.25, -0.2) is 0 Å². The van der Waals surface area contributed by atoms with Gasteiger partial charge in [0.15, 0.2) is 5.96 Å². The highest BCUT2D eigenvalue weighted by Gasteiger charge is 2.25. The van der Waals surface area contributed by atoms with Gasteiger partial charge >= 0.3 is 0 Å². The lowest BCUT2D eigenvalue weighted by atomic mass is 9.90. The number of hydrogen-bond donors (Lipinski definition) is 2.